The molecule has 0 unspecified atom stereocenters. The van der Waals surface area contributed by atoms with Crippen molar-refractivity contribution in [1.29, 1.82) is 0 Å². The van der Waals surface area contributed by atoms with E-state index in [2.05, 4.69) is 41.7 Å². The molecule has 3 nitrogen and oxygen atoms in total. The van der Waals surface area contributed by atoms with E-state index in [1.165, 1.54) is 17.7 Å². The number of hydrogen-bond acceptors (Lipinski definition) is 1. The monoisotopic (exact) mass is 371 g/mol. The summed E-state index contributed by atoms with van der Waals surface area (Å²) in [6.07, 6.45) is 2.37. The van der Waals surface area contributed by atoms with Gasteiger partial charge in [0.1, 0.15) is 0 Å². The topological polar surface area (TPSA) is 33.5 Å². The molecule has 0 bridgehead atoms. The number of benzene rings is 3. The van der Waals surface area contributed by atoms with Gasteiger partial charge in [0.25, 0.3) is 5.91 Å². The maximum atomic E-state index is 13.6. The van der Waals surface area contributed by atoms with Gasteiger partial charge in [-0.25, -0.2) is 0 Å². The van der Waals surface area contributed by atoms with Gasteiger partial charge in [-0.15, -0.1) is 0 Å². The largest absolute Gasteiger partial charge is 0.340 e. The zero-order valence-electron chi connectivity index (χ0n) is 16.1. The highest BCUT2D eigenvalue weighted by molar-refractivity contribution is 5.82. The summed E-state index contributed by atoms with van der Waals surface area (Å²) in [5.74, 6) is 0.0980. The van der Waals surface area contributed by atoms with Crippen LogP contribution in [0.2, 0.25) is 0 Å². The van der Waals surface area contributed by atoms with Crippen LogP contribution in [-0.2, 0) is 4.79 Å². The molecule has 1 heterocycles. The van der Waals surface area contributed by atoms with Gasteiger partial charge in [-0.2, -0.15) is 0 Å². The number of hydrogen-bond donors (Lipinski definition) is 2. The minimum absolute atomic E-state index is 0.0980. The van der Waals surface area contributed by atoms with Crippen molar-refractivity contribution < 1.29 is 9.69 Å². The molecule has 4 rings (SSSR count). The second kappa shape index (κ2) is 8.85. The summed E-state index contributed by atoms with van der Waals surface area (Å²) >= 11 is 0. The summed E-state index contributed by atoms with van der Waals surface area (Å²) in [6, 6.07) is 30.3. The summed E-state index contributed by atoms with van der Waals surface area (Å²) in [6.45, 7) is 2.10. The van der Waals surface area contributed by atoms with E-state index in [0.717, 1.165) is 29.8 Å². The fraction of sp³-hybridized carbons (Fsp3) is 0.240. The third-order valence-electron chi connectivity index (χ3n) is 5.60. The van der Waals surface area contributed by atoms with Gasteiger partial charge in [0.15, 0.2) is 6.04 Å². The molecule has 0 saturated carbocycles. The molecule has 142 valence electrons. The average molecular weight is 372 g/mol. The predicted molar refractivity (Wildman–Crippen MR) is 112 cm³/mol. The number of nitrogens with one attached hydrogen (secondary N) is 2. The Morgan fingerprint density at radius 2 is 1.11 bits per heavy atom. The minimum Gasteiger partial charge on any atom is -0.340 e. The molecule has 1 atom stereocenters. The van der Waals surface area contributed by atoms with E-state index in [1.807, 2.05) is 54.6 Å². The summed E-state index contributed by atoms with van der Waals surface area (Å²) in [5.41, 5.74) is 3.30. The number of rotatable bonds is 6. The van der Waals surface area contributed by atoms with Gasteiger partial charge in [0.05, 0.1) is 19.1 Å². The quantitative estimate of drug-likeness (QED) is 0.685. The van der Waals surface area contributed by atoms with Gasteiger partial charge in [-0.3, -0.25) is 4.79 Å². The maximum Gasteiger partial charge on any atom is 0.283 e. The van der Waals surface area contributed by atoms with E-state index < -0.39 is 0 Å². The molecule has 28 heavy (non-hydrogen) atoms. The van der Waals surface area contributed by atoms with Gasteiger partial charge in [0, 0.05) is 18.4 Å². The molecule has 0 aliphatic carbocycles. The molecule has 3 aromatic carbocycles. The Balaban J connectivity index is 1.65. The van der Waals surface area contributed by atoms with Crippen LogP contribution in [0, 0.1) is 0 Å². The van der Waals surface area contributed by atoms with Gasteiger partial charge in [-0.1, -0.05) is 91.0 Å². The first-order valence-corrected chi connectivity index (χ1v) is 10.1. The number of amides is 1. The lowest BCUT2D eigenvalue weighted by Gasteiger charge is -2.27. The predicted octanol–water partition coefficient (Wildman–Crippen LogP) is 3.31. The first-order chi connectivity index (χ1) is 13.8. The molecule has 0 spiro atoms. The fourth-order valence-corrected chi connectivity index (χ4v) is 4.21. The summed E-state index contributed by atoms with van der Waals surface area (Å²) in [5, 5.41) is 3.37. The molecule has 2 N–H and O–H groups in total. The first kappa shape index (κ1) is 18.5. The fourth-order valence-electron chi connectivity index (χ4n) is 4.21. The molecule has 3 aromatic rings. The summed E-state index contributed by atoms with van der Waals surface area (Å²) in [7, 11) is 0. The van der Waals surface area contributed by atoms with Gasteiger partial charge >= 0.3 is 0 Å². The molecule has 0 aromatic heterocycles. The number of likely N-dealkylation sites (tertiary alicyclic amines) is 1. The van der Waals surface area contributed by atoms with E-state index in [1.54, 1.807) is 0 Å². The molecule has 1 amide bonds. The highest BCUT2D eigenvalue weighted by Crippen LogP contribution is 2.23. The molecule has 0 radical (unpaired) electrons. The van der Waals surface area contributed by atoms with Crippen LogP contribution in [0.3, 0.4) is 0 Å². The first-order valence-electron chi connectivity index (χ1n) is 10.1. The number of carbonyl (C=O) groups excluding carboxylic acids is 1. The van der Waals surface area contributed by atoms with E-state index in [4.69, 9.17) is 0 Å². The smallest absolute Gasteiger partial charge is 0.283 e. The molecule has 1 aliphatic rings. The minimum atomic E-state index is -0.168. The zero-order chi connectivity index (χ0) is 19.2. The standard InChI is InChI=1S/C25H26N2O/c28-25(24(27-18-10-11-19-27)22-16-8-3-9-17-22)26-23(20-12-4-1-5-13-20)21-14-6-2-7-15-21/h1-9,12-17,23-24H,10-11,18-19H2,(H,26,28)/p+1/t24-/m0/s1. The maximum absolute atomic E-state index is 13.6. The third-order valence-corrected chi connectivity index (χ3v) is 5.60. The van der Waals surface area contributed by atoms with Gasteiger partial charge in [-0.05, 0) is 11.1 Å². The summed E-state index contributed by atoms with van der Waals surface area (Å²) in [4.78, 5) is 14.9. The average Bonchev–Trinajstić information content (AvgIpc) is 3.28. The molecule has 1 saturated heterocycles. The number of quaternary nitrogens is 1. The normalized spacial score (nSPS) is 15.5. The van der Waals surface area contributed by atoms with Gasteiger partial charge < -0.3 is 10.2 Å². The molecule has 1 fully saturated rings. The Kier molecular flexibility index (Phi) is 5.83. The van der Waals surface area contributed by atoms with Crippen LogP contribution in [0.25, 0.3) is 0 Å². The van der Waals surface area contributed by atoms with Crippen LogP contribution in [0.15, 0.2) is 91.0 Å². The van der Waals surface area contributed by atoms with Crippen LogP contribution in [0.4, 0.5) is 0 Å². The van der Waals surface area contributed by atoms with Crippen molar-refractivity contribution in [2.75, 3.05) is 13.1 Å². The van der Waals surface area contributed by atoms with Crippen molar-refractivity contribution in [1.82, 2.24) is 5.32 Å². The lowest BCUT2D eigenvalue weighted by Crippen LogP contribution is -3.11. The highest BCUT2D eigenvalue weighted by atomic mass is 16.2. The lowest BCUT2D eigenvalue weighted by molar-refractivity contribution is -0.909. The van der Waals surface area contributed by atoms with Crippen molar-refractivity contribution in [3.8, 4) is 0 Å². The van der Waals surface area contributed by atoms with Crippen molar-refractivity contribution in [2.45, 2.75) is 24.9 Å². The number of carbonyl (C=O) groups is 1. The molecule has 3 heteroatoms. The van der Waals surface area contributed by atoms with E-state index in [0.29, 0.717) is 0 Å². The third kappa shape index (κ3) is 4.15. The van der Waals surface area contributed by atoms with Crippen LogP contribution in [0.5, 0.6) is 0 Å². The zero-order valence-corrected chi connectivity index (χ0v) is 16.1. The van der Waals surface area contributed by atoms with Crippen molar-refractivity contribution >= 4 is 5.91 Å². The van der Waals surface area contributed by atoms with Crippen LogP contribution >= 0.6 is 0 Å². The van der Waals surface area contributed by atoms with Crippen LogP contribution in [-0.4, -0.2) is 19.0 Å². The van der Waals surface area contributed by atoms with Crippen molar-refractivity contribution in [2.24, 2.45) is 0 Å². The molecule has 1 aliphatic heterocycles. The Labute approximate surface area is 167 Å². The molecular weight excluding hydrogens is 344 g/mol. The lowest BCUT2D eigenvalue weighted by atomic mass is 9.97. The Morgan fingerprint density at radius 1 is 0.679 bits per heavy atom. The SMILES string of the molecule is O=C(NC(c1ccccc1)c1ccccc1)[C@H](c1ccccc1)[NH+]1CCCC1. The van der Waals surface area contributed by atoms with E-state index >= 15 is 0 Å². The Morgan fingerprint density at radius 3 is 1.57 bits per heavy atom. The second-order valence-corrected chi connectivity index (χ2v) is 7.47. The van der Waals surface area contributed by atoms with Crippen molar-refractivity contribution in [3.05, 3.63) is 108 Å². The Hall–Kier alpha value is -2.91. The van der Waals surface area contributed by atoms with E-state index in [9.17, 15) is 4.79 Å². The highest BCUT2D eigenvalue weighted by Gasteiger charge is 2.34. The van der Waals surface area contributed by atoms with E-state index in [-0.39, 0.29) is 18.0 Å². The molecular formula is C25H27N2O+. The Bertz CT molecular complexity index is 835. The van der Waals surface area contributed by atoms with Gasteiger partial charge in [0.2, 0.25) is 0 Å². The van der Waals surface area contributed by atoms with Crippen LogP contribution < -0.4 is 10.2 Å². The van der Waals surface area contributed by atoms with Crippen LogP contribution in [0.1, 0.15) is 41.6 Å². The summed E-state index contributed by atoms with van der Waals surface area (Å²) < 4.78 is 0. The second-order valence-electron chi connectivity index (χ2n) is 7.47. The van der Waals surface area contributed by atoms with Crippen molar-refractivity contribution in [3.63, 3.8) is 0 Å².